The summed E-state index contributed by atoms with van der Waals surface area (Å²) >= 11 is 0. The van der Waals surface area contributed by atoms with Crippen LogP contribution in [0.1, 0.15) is 20.3 Å². The lowest BCUT2D eigenvalue weighted by atomic mass is 10.1. The molecule has 0 atom stereocenters. The van der Waals surface area contributed by atoms with Crippen LogP contribution in [0.3, 0.4) is 0 Å². The largest absolute Gasteiger partial charge is 0.297 e. The molecule has 0 unspecified atom stereocenters. The summed E-state index contributed by atoms with van der Waals surface area (Å²) in [7, 11) is -3.48. The van der Waals surface area contributed by atoms with Gasteiger partial charge in [0.05, 0.1) is 6.26 Å². The molecule has 0 aliphatic carbocycles. The molecule has 0 amide bonds. The highest BCUT2D eigenvalue weighted by Gasteiger charge is 2.09. The monoisotopic (exact) mass is 194 g/mol. The third-order valence-corrected chi connectivity index (χ3v) is 1.62. The highest BCUT2D eigenvalue weighted by Crippen LogP contribution is 2.00. The fraction of sp³-hybridized carbons (Fsp3) is 0.857. The molecule has 72 valence electrons. The van der Waals surface area contributed by atoms with Gasteiger partial charge in [-0.3, -0.25) is 8.98 Å². The van der Waals surface area contributed by atoms with Gasteiger partial charge < -0.3 is 0 Å². The fourth-order valence-electron chi connectivity index (χ4n) is 0.687. The molecule has 0 spiro atoms. The van der Waals surface area contributed by atoms with Crippen molar-refractivity contribution < 1.29 is 17.4 Å². The van der Waals surface area contributed by atoms with Gasteiger partial charge in [0.15, 0.2) is 5.78 Å². The van der Waals surface area contributed by atoms with Gasteiger partial charge in [0.1, 0.15) is 6.61 Å². The van der Waals surface area contributed by atoms with Crippen molar-refractivity contribution in [3.05, 3.63) is 0 Å². The molecule has 4 nitrogen and oxygen atoms in total. The van der Waals surface area contributed by atoms with Crippen molar-refractivity contribution in [3.63, 3.8) is 0 Å². The van der Waals surface area contributed by atoms with E-state index in [9.17, 15) is 13.2 Å². The van der Waals surface area contributed by atoms with Crippen LogP contribution in [0.2, 0.25) is 0 Å². The van der Waals surface area contributed by atoms with Crippen molar-refractivity contribution >= 4 is 15.9 Å². The quantitative estimate of drug-likeness (QED) is 0.600. The molecule has 0 aromatic heterocycles. The first-order valence-electron chi connectivity index (χ1n) is 3.67. The van der Waals surface area contributed by atoms with Gasteiger partial charge in [-0.1, -0.05) is 13.8 Å². The van der Waals surface area contributed by atoms with Crippen LogP contribution in [0, 0.1) is 5.92 Å². The molecule has 5 heteroatoms. The Morgan fingerprint density at radius 2 is 1.92 bits per heavy atom. The molecular formula is C7H14O4S. The molecule has 0 aromatic rings. The molecule has 0 saturated carbocycles. The third kappa shape index (κ3) is 7.68. The van der Waals surface area contributed by atoms with Crippen LogP contribution < -0.4 is 0 Å². The Morgan fingerprint density at radius 3 is 2.25 bits per heavy atom. The Kier molecular flexibility index (Phi) is 4.41. The van der Waals surface area contributed by atoms with E-state index in [1.165, 1.54) is 0 Å². The third-order valence-electron chi connectivity index (χ3n) is 1.07. The van der Waals surface area contributed by atoms with E-state index in [0.717, 1.165) is 6.26 Å². The van der Waals surface area contributed by atoms with Crippen LogP contribution in [0.15, 0.2) is 0 Å². The minimum absolute atomic E-state index is 0.185. The molecule has 0 radical (unpaired) electrons. The Balaban J connectivity index is 3.73. The zero-order valence-corrected chi connectivity index (χ0v) is 8.35. The summed E-state index contributed by atoms with van der Waals surface area (Å²) < 4.78 is 25.2. The molecule has 12 heavy (non-hydrogen) atoms. The highest BCUT2D eigenvalue weighted by molar-refractivity contribution is 7.86. The molecule has 0 aliphatic heterocycles. The summed E-state index contributed by atoms with van der Waals surface area (Å²) in [5.74, 6) is 0.0519. The molecule has 0 fully saturated rings. The van der Waals surface area contributed by atoms with Gasteiger partial charge in [-0.15, -0.1) is 0 Å². The van der Waals surface area contributed by atoms with E-state index < -0.39 is 10.1 Å². The van der Waals surface area contributed by atoms with Crippen LogP contribution >= 0.6 is 0 Å². The summed E-state index contributed by atoms with van der Waals surface area (Å²) in [6.45, 7) is 3.44. The van der Waals surface area contributed by atoms with Crippen LogP contribution in [-0.2, 0) is 19.1 Å². The second-order valence-electron chi connectivity index (χ2n) is 3.10. The first-order chi connectivity index (χ1) is 5.31. The number of carbonyl (C=O) groups is 1. The van der Waals surface area contributed by atoms with Crippen LogP contribution in [0.4, 0.5) is 0 Å². The van der Waals surface area contributed by atoms with Gasteiger partial charge in [0.25, 0.3) is 10.1 Å². The predicted octanol–water partition coefficient (Wildman–Crippen LogP) is 0.578. The van der Waals surface area contributed by atoms with Crippen LogP contribution in [0.5, 0.6) is 0 Å². The van der Waals surface area contributed by atoms with Crippen LogP contribution in [0.25, 0.3) is 0 Å². The van der Waals surface area contributed by atoms with Gasteiger partial charge in [0.2, 0.25) is 0 Å². The van der Waals surface area contributed by atoms with E-state index in [4.69, 9.17) is 0 Å². The van der Waals surface area contributed by atoms with Gasteiger partial charge in [0, 0.05) is 6.42 Å². The second-order valence-corrected chi connectivity index (χ2v) is 4.75. The number of Topliss-reactive ketones (excluding diaryl/α,β-unsaturated/α-hetero) is 1. The summed E-state index contributed by atoms with van der Waals surface area (Å²) in [5, 5.41) is 0. The Hall–Kier alpha value is -0.420. The van der Waals surface area contributed by atoms with Gasteiger partial charge in [-0.2, -0.15) is 8.42 Å². The lowest BCUT2D eigenvalue weighted by molar-refractivity contribution is -0.121. The van der Waals surface area contributed by atoms with E-state index in [1.807, 2.05) is 13.8 Å². The zero-order valence-electron chi connectivity index (χ0n) is 7.53. The summed E-state index contributed by atoms with van der Waals surface area (Å²) in [4.78, 5) is 10.9. The Morgan fingerprint density at radius 1 is 1.42 bits per heavy atom. The van der Waals surface area contributed by atoms with E-state index in [2.05, 4.69) is 4.18 Å². The highest BCUT2D eigenvalue weighted by atomic mass is 32.2. The zero-order chi connectivity index (χ0) is 9.78. The Bertz CT molecular complexity index is 240. The standard InChI is InChI=1S/C7H14O4S/c1-6(2)4-7(8)5-11-12(3,9)10/h6H,4-5H2,1-3H3. The molecule has 0 aromatic carbocycles. The number of ketones is 1. The maximum atomic E-state index is 10.9. The Labute approximate surface area is 73.0 Å². The SMILES string of the molecule is CC(C)CC(=O)COS(C)(=O)=O. The average Bonchev–Trinajstić information content (AvgIpc) is 1.80. The molecule has 0 saturated heterocycles. The van der Waals surface area contributed by atoms with E-state index >= 15 is 0 Å². The number of hydrogen-bond acceptors (Lipinski definition) is 4. The van der Waals surface area contributed by atoms with E-state index in [0.29, 0.717) is 6.42 Å². The smallest absolute Gasteiger partial charge is 0.264 e. The van der Waals surface area contributed by atoms with Gasteiger partial charge >= 0.3 is 0 Å². The van der Waals surface area contributed by atoms with Crippen molar-refractivity contribution in [3.8, 4) is 0 Å². The van der Waals surface area contributed by atoms with E-state index in [-0.39, 0.29) is 18.3 Å². The molecule has 0 bridgehead atoms. The lowest BCUT2D eigenvalue weighted by Gasteiger charge is -2.02. The van der Waals surface area contributed by atoms with Crippen molar-refractivity contribution in [1.29, 1.82) is 0 Å². The fourth-order valence-corrected chi connectivity index (χ4v) is 1.03. The second kappa shape index (κ2) is 4.57. The molecule has 0 heterocycles. The minimum atomic E-state index is -3.48. The summed E-state index contributed by atoms with van der Waals surface area (Å²) in [5.41, 5.74) is 0. The maximum absolute atomic E-state index is 10.9. The van der Waals surface area contributed by atoms with Crippen molar-refractivity contribution in [2.75, 3.05) is 12.9 Å². The van der Waals surface area contributed by atoms with Crippen molar-refractivity contribution in [2.24, 2.45) is 5.92 Å². The first-order valence-corrected chi connectivity index (χ1v) is 5.49. The molecule has 0 N–H and O–H groups in total. The molecule has 0 rings (SSSR count). The predicted molar refractivity (Wildman–Crippen MR) is 45.3 cm³/mol. The van der Waals surface area contributed by atoms with E-state index in [1.54, 1.807) is 0 Å². The minimum Gasteiger partial charge on any atom is -0.297 e. The van der Waals surface area contributed by atoms with Crippen molar-refractivity contribution in [1.82, 2.24) is 0 Å². The number of carbonyl (C=O) groups excluding carboxylic acids is 1. The topological polar surface area (TPSA) is 60.4 Å². The van der Waals surface area contributed by atoms with Gasteiger partial charge in [-0.05, 0) is 5.92 Å². The molecular weight excluding hydrogens is 180 g/mol. The summed E-state index contributed by atoms with van der Waals surface area (Å²) in [6, 6.07) is 0. The van der Waals surface area contributed by atoms with Crippen molar-refractivity contribution in [2.45, 2.75) is 20.3 Å². The molecule has 0 aliphatic rings. The summed E-state index contributed by atoms with van der Waals surface area (Å²) in [6.07, 6.45) is 1.28. The lowest BCUT2D eigenvalue weighted by Crippen LogP contribution is -2.14. The van der Waals surface area contributed by atoms with Crippen LogP contribution in [-0.4, -0.2) is 27.1 Å². The maximum Gasteiger partial charge on any atom is 0.264 e. The number of rotatable bonds is 5. The van der Waals surface area contributed by atoms with Gasteiger partial charge in [-0.25, -0.2) is 0 Å². The normalized spacial score (nSPS) is 12.0. The number of hydrogen-bond donors (Lipinski definition) is 0. The average molecular weight is 194 g/mol. The first kappa shape index (κ1) is 11.6.